The number of rotatable bonds is 3. The molecule has 3 N–H and O–H groups in total. The Balaban J connectivity index is 1.86. The molecule has 2 aromatic rings. The summed E-state index contributed by atoms with van der Waals surface area (Å²) in [5, 5.41) is 12.0. The number of aromatic amines is 1. The van der Waals surface area contributed by atoms with Crippen LogP contribution in [0, 0.1) is 5.92 Å². The van der Waals surface area contributed by atoms with Crippen LogP contribution in [0.2, 0.25) is 0 Å². The summed E-state index contributed by atoms with van der Waals surface area (Å²) in [5.74, 6) is -0.412. The number of carbonyl (C=O) groups is 1. The molecule has 5 nitrogen and oxygen atoms in total. The summed E-state index contributed by atoms with van der Waals surface area (Å²) in [4.78, 5) is 26.5. The maximum absolute atomic E-state index is 12.7. The van der Waals surface area contributed by atoms with Crippen molar-refractivity contribution in [3.05, 3.63) is 45.7 Å². The minimum Gasteiger partial charge on any atom is -0.396 e. The van der Waals surface area contributed by atoms with E-state index in [4.69, 9.17) is 5.11 Å². The zero-order chi connectivity index (χ0) is 17.5. The van der Waals surface area contributed by atoms with Crippen molar-refractivity contribution < 1.29 is 23.1 Å². The van der Waals surface area contributed by atoms with Crippen molar-refractivity contribution in [2.45, 2.75) is 25.1 Å². The van der Waals surface area contributed by atoms with Crippen LogP contribution in [-0.2, 0) is 6.18 Å². The fraction of sp³-hybridized carbons (Fsp3) is 0.375. The van der Waals surface area contributed by atoms with Crippen molar-refractivity contribution in [3.63, 3.8) is 0 Å². The van der Waals surface area contributed by atoms with E-state index < -0.39 is 23.2 Å². The second kappa shape index (κ2) is 5.94. The van der Waals surface area contributed by atoms with E-state index in [-0.39, 0.29) is 29.6 Å². The van der Waals surface area contributed by atoms with Gasteiger partial charge in [0.2, 0.25) is 0 Å². The quantitative estimate of drug-likeness (QED) is 0.800. The normalized spacial score (nSPS) is 20.7. The molecular weight excluding hydrogens is 325 g/mol. The molecule has 128 valence electrons. The van der Waals surface area contributed by atoms with Gasteiger partial charge in [-0.15, -0.1) is 0 Å². The number of aliphatic hydroxyl groups excluding tert-OH is 1. The molecule has 1 aliphatic rings. The molecule has 1 aliphatic carbocycles. The fourth-order valence-corrected chi connectivity index (χ4v) is 2.81. The lowest BCUT2D eigenvalue weighted by Crippen LogP contribution is -2.46. The average Bonchev–Trinajstić information content (AvgIpc) is 2.47. The molecule has 1 aromatic carbocycles. The Morgan fingerprint density at radius 3 is 2.62 bits per heavy atom. The summed E-state index contributed by atoms with van der Waals surface area (Å²) < 4.78 is 38.1. The summed E-state index contributed by atoms with van der Waals surface area (Å²) in [6, 6.07) is 4.15. The van der Waals surface area contributed by atoms with Crippen LogP contribution in [0.3, 0.4) is 0 Å². The van der Waals surface area contributed by atoms with Crippen LogP contribution in [0.4, 0.5) is 13.2 Å². The Hall–Kier alpha value is -2.35. The largest absolute Gasteiger partial charge is 0.416 e. The maximum atomic E-state index is 12.7. The van der Waals surface area contributed by atoms with E-state index in [1.165, 1.54) is 12.1 Å². The van der Waals surface area contributed by atoms with Crippen molar-refractivity contribution in [1.29, 1.82) is 0 Å². The maximum Gasteiger partial charge on any atom is 0.416 e. The van der Waals surface area contributed by atoms with Crippen LogP contribution in [0.1, 0.15) is 28.8 Å². The van der Waals surface area contributed by atoms with Gasteiger partial charge in [0.1, 0.15) is 5.56 Å². The predicted molar refractivity (Wildman–Crippen MR) is 80.6 cm³/mol. The van der Waals surface area contributed by atoms with Crippen molar-refractivity contribution in [2.24, 2.45) is 5.92 Å². The lowest BCUT2D eigenvalue weighted by molar-refractivity contribution is -0.137. The van der Waals surface area contributed by atoms with Gasteiger partial charge in [-0.05, 0) is 42.3 Å². The number of hydrogen-bond acceptors (Lipinski definition) is 3. The van der Waals surface area contributed by atoms with Gasteiger partial charge in [0, 0.05) is 18.2 Å². The SMILES string of the molecule is O=C(NC1CC(CO)C1)c1cc2ccc(C(F)(F)F)cc2[nH]c1=O. The molecule has 0 spiro atoms. The van der Waals surface area contributed by atoms with Gasteiger partial charge in [-0.3, -0.25) is 9.59 Å². The van der Waals surface area contributed by atoms with Crippen LogP contribution in [0.5, 0.6) is 0 Å². The summed E-state index contributed by atoms with van der Waals surface area (Å²) in [6.07, 6.45) is -3.22. The van der Waals surface area contributed by atoms with Crippen molar-refractivity contribution in [1.82, 2.24) is 10.3 Å². The first-order valence-corrected chi connectivity index (χ1v) is 7.44. The lowest BCUT2D eigenvalue weighted by atomic mass is 9.81. The number of H-pyrrole nitrogens is 1. The molecule has 1 aromatic heterocycles. The first-order chi connectivity index (χ1) is 11.3. The van der Waals surface area contributed by atoms with E-state index in [9.17, 15) is 22.8 Å². The topological polar surface area (TPSA) is 82.2 Å². The van der Waals surface area contributed by atoms with Gasteiger partial charge in [-0.25, -0.2) is 0 Å². The van der Waals surface area contributed by atoms with Crippen LogP contribution >= 0.6 is 0 Å². The Labute approximate surface area is 134 Å². The highest BCUT2D eigenvalue weighted by molar-refractivity contribution is 5.97. The molecule has 0 saturated heterocycles. The Kier molecular flexibility index (Phi) is 4.08. The highest BCUT2D eigenvalue weighted by atomic mass is 19.4. The van der Waals surface area contributed by atoms with E-state index in [0.717, 1.165) is 12.1 Å². The Bertz CT molecular complexity index is 839. The molecule has 0 aliphatic heterocycles. The minimum absolute atomic E-state index is 0.0235. The van der Waals surface area contributed by atoms with E-state index in [1.807, 2.05) is 0 Å². The van der Waals surface area contributed by atoms with E-state index >= 15 is 0 Å². The van der Waals surface area contributed by atoms with Gasteiger partial charge < -0.3 is 15.4 Å². The number of fused-ring (bicyclic) bond motifs is 1. The van der Waals surface area contributed by atoms with Gasteiger partial charge >= 0.3 is 6.18 Å². The van der Waals surface area contributed by atoms with E-state index in [2.05, 4.69) is 10.3 Å². The zero-order valence-corrected chi connectivity index (χ0v) is 12.5. The molecule has 0 radical (unpaired) electrons. The number of halogens is 3. The van der Waals surface area contributed by atoms with Crippen LogP contribution in [0.25, 0.3) is 10.9 Å². The third-order valence-corrected chi connectivity index (χ3v) is 4.25. The fourth-order valence-electron chi connectivity index (χ4n) is 2.81. The van der Waals surface area contributed by atoms with Crippen molar-refractivity contribution >= 4 is 16.8 Å². The molecule has 1 heterocycles. The molecule has 1 saturated carbocycles. The third-order valence-electron chi connectivity index (χ3n) is 4.25. The van der Waals surface area contributed by atoms with Crippen molar-refractivity contribution in [3.8, 4) is 0 Å². The number of pyridine rings is 1. The number of aliphatic hydroxyl groups is 1. The van der Waals surface area contributed by atoms with Gasteiger partial charge in [0.25, 0.3) is 11.5 Å². The number of nitrogens with one attached hydrogen (secondary N) is 2. The van der Waals surface area contributed by atoms with E-state index in [1.54, 1.807) is 0 Å². The average molecular weight is 340 g/mol. The second-order valence-electron chi connectivity index (χ2n) is 6.00. The number of benzene rings is 1. The molecule has 3 rings (SSSR count). The minimum atomic E-state index is -4.51. The van der Waals surface area contributed by atoms with Gasteiger partial charge in [-0.2, -0.15) is 13.2 Å². The Morgan fingerprint density at radius 2 is 2.00 bits per heavy atom. The number of hydrogen-bond donors (Lipinski definition) is 3. The number of alkyl halides is 3. The molecule has 24 heavy (non-hydrogen) atoms. The first-order valence-electron chi connectivity index (χ1n) is 7.44. The monoisotopic (exact) mass is 340 g/mol. The van der Waals surface area contributed by atoms with E-state index in [0.29, 0.717) is 18.2 Å². The molecule has 0 bridgehead atoms. The molecule has 0 unspecified atom stereocenters. The number of aromatic nitrogens is 1. The molecule has 1 fully saturated rings. The smallest absolute Gasteiger partial charge is 0.396 e. The van der Waals surface area contributed by atoms with Crippen LogP contribution in [0.15, 0.2) is 29.1 Å². The summed E-state index contributed by atoms with van der Waals surface area (Å²) in [6.45, 7) is 0.0600. The van der Waals surface area contributed by atoms with Crippen LogP contribution in [-0.4, -0.2) is 28.6 Å². The summed E-state index contributed by atoms with van der Waals surface area (Å²) in [5.41, 5.74) is -1.73. The first kappa shape index (κ1) is 16.5. The Morgan fingerprint density at radius 1 is 1.29 bits per heavy atom. The molecular formula is C16H15F3N2O3. The van der Waals surface area contributed by atoms with Gasteiger partial charge in [-0.1, -0.05) is 6.07 Å². The summed E-state index contributed by atoms with van der Waals surface area (Å²) in [7, 11) is 0. The molecule has 0 atom stereocenters. The predicted octanol–water partition coefficient (Wildman–Crippen LogP) is 2.05. The van der Waals surface area contributed by atoms with Crippen LogP contribution < -0.4 is 10.9 Å². The highest BCUT2D eigenvalue weighted by Crippen LogP contribution is 2.31. The molecule has 8 heteroatoms. The van der Waals surface area contributed by atoms with Crippen molar-refractivity contribution in [2.75, 3.05) is 6.61 Å². The van der Waals surface area contributed by atoms with Gasteiger partial charge in [0.15, 0.2) is 0 Å². The number of amides is 1. The zero-order valence-electron chi connectivity index (χ0n) is 12.5. The summed E-state index contributed by atoms with van der Waals surface area (Å²) >= 11 is 0. The third kappa shape index (κ3) is 3.14. The van der Waals surface area contributed by atoms with Gasteiger partial charge in [0.05, 0.1) is 5.56 Å². The lowest BCUT2D eigenvalue weighted by Gasteiger charge is -2.34. The standard InChI is InChI=1S/C16H15F3N2O3/c17-16(18,19)10-2-1-9-5-12(15(24)21-13(9)6-10)14(23)20-11-3-8(4-11)7-22/h1-2,5-6,8,11,22H,3-4,7H2,(H,20,23)(H,21,24). The number of carbonyl (C=O) groups excluding carboxylic acids is 1. The molecule has 1 amide bonds. The second-order valence-corrected chi connectivity index (χ2v) is 6.00. The highest BCUT2D eigenvalue weighted by Gasteiger charge is 2.31.